The lowest BCUT2D eigenvalue weighted by atomic mass is 10.1. The van der Waals surface area contributed by atoms with Crippen LogP contribution in [-0.2, 0) is 20.1 Å². The average Bonchev–Trinajstić information content (AvgIpc) is 3.07. The highest BCUT2D eigenvalue weighted by atomic mass is 79.9. The van der Waals surface area contributed by atoms with E-state index in [2.05, 4.69) is 20.9 Å². The maximum atomic E-state index is 13.2. The Hall–Kier alpha value is -3.26. The van der Waals surface area contributed by atoms with Crippen molar-refractivity contribution in [2.75, 3.05) is 0 Å². The number of benzene rings is 2. The molecule has 0 atom stereocenters. The molecule has 146 valence electrons. The number of fused-ring (bicyclic) bond motifs is 1. The Morgan fingerprint density at radius 3 is 2.24 bits per heavy atom. The van der Waals surface area contributed by atoms with E-state index in [1.807, 2.05) is 30.3 Å². The van der Waals surface area contributed by atoms with Crippen LogP contribution in [-0.4, -0.2) is 24.5 Å². The molecule has 4 rings (SSSR count). The van der Waals surface area contributed by atoms with Crippen LogP contribution in [0.15, 0.2) is 75.0 Å². The second-order valence-corrected chi connectivity index (χ2v) is 7.36. The fourth-order valence-corrected chi connectivity index (χ4v) is 3.72. The Kier molecular flexibility index (Phi) is 5.02. The van der Waals surface area contributed by atoms with Gasteiger partial charge < -0.3 is 4.57 Å². The van der Waals surface area contributed by atoms with Crippen molar-refractivity contribution < 1.29 is 4.79 Å². The molecule has 4 aromatic rings. The third-order valence-electron chi connectivity index (χ3n) is 4.77. The minimum atomic E-state index is -0.580. The molecule has 0 aliphatic carbocycles. The molecule has 2 heterocycles. The minimum absolute atomic E-state index is 0.267. The number of Topliss-reactive ketones (excluding diaryl/α,β-unsaturated/α-hetero) is 1. The van der Waals surface area contributed by atoms with Crippen molar-refractivity contribution in [1.29, 1.82) is 0 Å². The zero-order valence-corrected chi connectivity index (χ0v) is 17.2. The average molecular weight is 453 g/mol. The number of nitrogens with zero attached hydrogens (tertiary/aromatic N) is 4. The van der Waals surface area contributed by atoms with Crippen LogP contribution in [0.1, 0.15) is 15.9 Å². The minimum Gasteiger partial charge on any atom is -0.308 e. The predicted molar refractivity (Wildman–Crippen MR) is 113 cm³/mol. The second-order valence-electron chi connectivity index (χ2n) is 6.65. The molecule has 7 nitrogen and oxygen atoms in total. The summed E-state index contributed by atoms with van der Waals surface area (Å²) in [4.78, 5) is 42.9. The molecule has 2 aromatic heterocycles. The maximum Gasteiger partial charge on any atom is 0.332 e. The topological polar surface area (TPSA) is 78.9 Å². The molecule has 29 heavy (non-hydrogen) atoms. The van der Waals surface area contributed by atoms with E-state index in [0.29, 0.717) is 16.8 Å². The van der Waals surface area contributed by atoms with Crippen molar-refractivity contribution in [2.24, 2.45) is 7.05 Å². The van der Waals surface area contributed by atoms with Crippen LogP contribution >= 0.6 is 15.9 Å². The molecule has 0 saturated carbocycles. The quantitative estimate of drug-likeness (QED) is 0.344. The number of halogens is 1. The van der Waals surface area contributed by atoms with E-state index in [1.165, 1.54) is 4.57 Å². The van der Waals surface area contributed by atoms with Gasteiger partial charge in [-0.3, -0.25) is 18.7 Å². The van der Waals surface area contributed by atoms with Gasteiger partial charge in [-0.25, -0.2) is 9.78 Å². The highest BCUT2D eigenvalue weighted by molar-refractivity contribution is 9.10. The summed E-state index contributed by atoms with van der Waals surface area (Å²) < 4.78 is 4.40. The molecule has 0 aliphatic heterocycles. The lowest BCUT2D eigenvalue weighted by Crippen LogP contribution is -2.41. The number of carbonyl (C=O) groups excluding carboxylic acids is 1. The molecule has 0 N–H and O–H groups in total. The van der Waals surface area contributed by atoms with Crippen LogP contribution in [0, 0.1) is 0 Å². The molecule has 0 unspecified atom stereocenters. The normalized spacial score (nSPS) is 11.1. The number of rotatable bonds is 5. The summed E-state index contributed by atoms with van der Waals surface area (Å²) in [6, 6.07) is 18.2. The van der Waals surface area contributed by atoms with Gasteiger partial charge in [0.2, 0.25) is 0 Å². The van der Waals surface area contributed by atoms with Gasteiger partial charge in [-0.05, 0) is 21.5 Å². The van der Waals surface area contributed by atoms with E-state index >= 15 is 0 Å². The summed E-state index contributed by atoms with van der Waals surface area (Å²) in [6.07, 6.45) is 0. The smallest absolute Gasteiger partial charge is 0.308 e. The Morgan fingerprint density at radius 2 is 1.59 bits per heavy atom. The first-order chi connectivity index (χ1) is 14.0. The fourth-order valence-electron chi connectivity index (χ4n) is 3.25. The number of hydrogen-bond donors (Lipinski definition) is 0. The molecule has 0 amide bonds. The van der Waals surface area contributed by atoms with Crippen molar-refractivity contribution in [3.8, 4) is 0 Å². The van der Waals surface area contributed by atoms with Gasteiger partial charge in [-0.2, -0.15) is 0 Å². The highest BCUT2D eigenvalue weighted by Gasteiger charge is 2.21. The van der Waals surface area contributed by atoms with E-state index in [1.54, 1.807) is 41.9 Å². The number of ketones is 1. The zero-order chi connectivity index (χ0) is 20.5. The van der Waals surface area contributed by atoms with E-state index in [9.17, 15) is 14.4 Å². The molecule has 0 aliphatic rings. The molecule has 0 spiro atoms. The first-order valence-corrected chi connectivity index (χ1v) is 9.74. The van der Waals surface area contributed by atoms with Gasteiger partial charge in [0.05, 0.1) is 13.1 Å². The lowest BCUT2D eigenvalue weighted by Gasteiger charge is -2.10. The Labute approximate surface area is 174 Å². The lowest BCUT2D eigenvalue weighted by molar-refractivity contribution is 0.0969. The summed E-state index contributed by atoms with van der Waals surface area (Å²) in [5, 5.41) is 0. The van der Waals surface area contributed by atoms with E-state index in [-0.39, 0.29) is 23.5 Å². The van der Waals surface area contributed by atoms with E-state index in [0.717, 1.165) is 10.1 Å². The van der Waals surface area contributed by atoms with Gasteiger partial charge in [0, 0.05) is 12.6 Å². The molecule has 0 radical (unpaired) electrons. The van der Waals surface area contributed by atoms with Gasteiger partial charge in [0.15, 0.2) is 21.7 Å². The standard InChI is InChI=1S/C21H17BrN4O3/c1-24-18-17(25(20(22)23-18)12-14-8-4-2-5-9-14)19(28)26(21(24)29)13-16(27)15-10-6-3-7-11-15/h2-11H,12-13H2,1H3. The van der Waals surface area contributed by atoms with Crippen LogP contribution in [0.25, 0.3) is 11.2 Å². The monoisotopic (exact) mass is 452 g/mol. The Bertz CT molecular complexity index is 1320. The number of carbonyl (C=O) groups is 1. The number of imidazole rings is 1. The summed E-state index contributed by atoms with van der Waals surface area (Å²) >= 11 is 3.39. The first kappa shape index (κ1) is 19.1. The molecule has 0 fully saturated rings. The van der Waals surface area contributed by atoms with Crippen molar-refractivity contribution in [1.82, 2.24) is 18.7 Å². The van der Waals surface area contributed by atoms with Gasteiger partial charge in [-0.15, -0.1) is 0 Å². The fraction of sp³-hybridized carbons (Fsp3) is 0.143. The maximum absolute atomic E-state index is 13.2. The predicted octanol–water partition coefficient (Wildman–Crippen LogP) is 2.59. The van der Waals surface area contributed by atoms with Crippen molar-refractivity contribution in [3.05, 3.63) is 97.4 Å². The summed E-state index contributed by atoms with van der Waals surface area (Å²) in [7, 11) is 1.54. The molecule has 0 bridgehead atoms. The molecule has 8 heteroatoms. The summed E-state index contributed by atoms with van der Waals surface area (Å²) in [5.41, 5.74) is 0.841. The van der Waals surface area contributed by atoms with Crippen molar-refractivity contribution in [3.63, 3.8) is 0 Å². The van der Waals surface area contributed by atoms with E-state index < -0.39 is 11.2 Å². The van der Waals surface area contributed by atoms with Crippen molar-refractivity contribution >= 4 is 32.9 Å². The Balaban J connectivity index is 1.86. The number of hydrogen-bond acceptors (Lipinski definition) is 4. The van der Waals surface area contributed by atoms with Crippen molar-refractivity contribution in [2.45, 2.75) is 13.1 Å². The SMILES string of the molecule is Cn1c(=O)n(CC(=O)c2ccccc2)c(=O)c2c1nc(Br)n2Cc1ccccc1. The number of aromatic nitrogens is 4. The van der Waals surface area contributed by atoms with Gasteiger partial charge >= 0.3 is 5.69 Å². The van der Waals surface area contributed by atoms with Gasteiger partial charge in [0.1, 0.15) is 0 Å². The zero-order valence-electron chi connectivity index (χ0n) is 15.6. The largest absolute Gasteiger partial charge is 0.332 e. The first-order valence-electron chi connectivity index (χ1n) is 8.95. The van der Waals surface area contributed by atoms with Crippen LogP contribution in [0.2, 0.25) is 0 Å². The second kappa shape index (κ2) is 7.63. The molecular weight excluding hydrogens is 436 g/mol. The summed E-state index contributed by atoms with van der Waals surface area (Å²) in [5.74, 6) is -0.308. The van der Waals surface area contributed by atoms with Crippen LogP contribution in [0.4, 0.5) is 0 Å². The van der Waals surface area contributed by atoms with E-state index in [4.69, 9.17) is 0 Å². The van der Waals surface area contributed by atoms with Crippen LogP contribution < -0.4 is 11.2 Å². The van der Waals surface area contributed by atoms with Crippen LogP contribution in [0.3, 0.4) is 0 Å². The molecule has 2 aromatic carbocycles. The third kappa shape index (κ3) is 3.47. The highest BCUT2D eigenvalue weighted by Crippen LogP contribution is 2.18. The number of aryl methyl sites for hydroxylation is 1. The molecule has 0 saturated heterocycles. The summed E-state index contributed by atoms with van der Waals surface area (Å²) in [6.45, 7) is 0.0671. The Morgan fingerprint density at radius 1 is 0.966 bits per heavy atom. The molecular formula is C21H17BrN4O3. The van der Waals surface area contributed by atoms with Gasteiger partial charge in [0.25, 0.3) is 5.56 Å². The van der Waals surface area contributed by atoms with Crippen LogP contribution in [0.5, 0.6) is 0 Å². The third-order valence-corrected chi connectivity index (χ3v) is 5.37. The van der Waals surface area contributed by atoms with Gasteiger partial charge in [-0.1, -0.05) is 60.7 Å².